The standard InChI is InChI=1S/C18H21F3N4O3S/c1-2-12-8-15(18(19,20)21)25-16(22-12)9-13(23-25)14-4-3-6-24(14)17(26)11-5-7-29(27,28)10-11/h8-9,11,14H,2-7,10H2,1H3/t11-,14-/m1/s1. The van der Waals surface area contributed by atoms with Gasteiger partial charge in [0.05, 0.1) is 29.2 Å². The molecular formula is C18H21F3N4O3S. The minimum atomic E-state index is -4.59. The number of sulfone groups is 1. The van der Waals surface area contributed by atoms with Crippen molar-refractivity contribution in [1.29, 1.82) is 0 Å². The molecule has 0 saturated carbocycles. The summed E-state index contributed by atoms with van der Waals surface area (Å²) in [5.74, 6) is -1.02. The molecule has 2 aliphatic heterocycles. The van der Waals surface area contributed by atoms with Crippen LogP contribution in [0.1, 0.15) is 49.3 Å². The second-order valence-corrected chi connectivity index (χ2v) is 9.84. The van der Waals surface area contributed by atoms with Gasteiger partial charge < -0.3 is 4.90 Å². The van der Waals surface area contributed by atoms with Crippen molar-refractivity contribution in [2.45, 2.75) is 44.8 Å². The lowest BCUT2D eigenvalue weighted by molar-refractivity contribution is -0.143. The minimum absolute atomic E-state index is 0.00502. The Bertz CT molecular complexity index is 1060. The Kier molecular flexibility index (Phi) is 4.83. The van der Waals surface area contributed by atoms with E-state index in [2.05, 4.69) is 10.1 Å². The van der Waals surface area contributed by atoms with Crippen LogP contribution in [-0.4, -0.2) is 51.9 Å². The number of fused-ring (bicyclic) bond motifs is 1. The Morgan fingerprint density at radius 3 is 2.66 bits per heavy atom. The lowest BCUT2D eigenvalue weighted by atomic mass is 10.1. The number of halogens is 3. The summed E-state index contributed by atoms with van der Waals surface area (Å²) in [6.07, 6.45) is -2.70. The largest absolute Gasteiger partial charge is 0.433 e. The van der Waals surface area contributed by atoms with Gasteiger partial charge in [-0.3, -0.25) is 4.79 Å². The summed E-state index contributed by atoms with van der Waals surface area (Å²) in [7, 11) is -3.20. The maximum Gasteiger partial charge on any atom is 0.433 e. The molecule has 11 heteroatoms. The van der Waals surface area contributed by atoms with Gasteiger partial charge in [0.25, 0.3) is 0 Å². The molecule has 4 rings (SSSR count). The summed E-state index contributed by atoms with van der Waals surface area (Å²) in [6.45, 7) is 2.16. The summed E-state index contributed by atoms with van der Waals surface area (Å²) in [4.78, 5) is 18.7. The summed E-state index contributed by atoms with van der Waals surface area (Å²) in [6, 6.07) is 2.01. The zero-order valence-corrected chi connectivity index (χ0v) is 16.6. The van der Waals surface area contributed by atoms with Crippen molar-refractivity contribution in [3.63, 3.8) is 0 Å². The molecule has 0 radical (unpaired) electrons. The van der Waals surface area contributed by atoms with Crippen LogP contribution in [0.4, 0.5) is 13.2 Å². The first kappa shape index (κ1) is 20.1. The molecule has 2 aromatic heterocycles. The summed E-state index contributed by atoms with van der Waals surface area (Å²) >= 11 is 0. The fourth-order valence-electron chi connectivity index (χ4n) is 4.15. The van der Waals surface area contributed by atoms with Crippen LogP contribution < -0.4 is 0 Å². The quantitative estimate of drug-likeness (QED) is 0.747. The number of carbonyl (C=O) groups excluding carboxylic acids is 1. The molecule has 158 valence electrons. The summed E-state index contributed by atoms with van der Waals surface area (Å²) in [5.41, 5.74) is -0.146. The number of carbonyl (C=O) groups is 1. The second-order valence-electron chi connectivity index (χ2n) is 7.61. The topological polar surface area (TPSA) is 84.6 Å². The maximum atomic E-state index is 13.5. The van der Waals surface area contributed by atoms with E-state index in [0.717, 1.165) is 10.6 Å². The molecule has 0 aromatic carbocycles. The molecule has 0 spiro atoms. The molecule has 2 fully saturated rings. The van der Waals surface area contributed by atoms with Gasteiger partial charge in [0.1, 0.15) is 5.69 Å². The van der Waals surface area contributed by atoms with Gasteiger partial charge in [-0.1, -0.05) is 6.92 Å². The Hall–Kier alpha value is -2.17. The fraction of sp³-hybridized carbons (Fsp3) is 0.611. The van der Waals surface area contributed by atoms with Gasteiger partial charge in [0.15, 0.2) is 15.5 Å². The Morgan fingerprint density at radius 2 is 2.03 bits per heavy atom. The highest BCUT2D eigenvalue weighted by molar-refractivity contribution is 7.91. The van der Waals surface area contributed by atoms with Crippen molar-refractivity contribution in [3.8, 4) is 0 Å². The second kappa shape index (κ2) is 6.96. The van der Waals surface area contributed by atoms with Gasteiger partial charge in [0.2, 0.25) is 5.91 Å². The summed E-state index contributed by atoms with van der Waals surface area (Å²) in [5, 5.41) is 4.15. The van der Waals surface area contributed by atoms with Crippen LogP contribution in [0, 0.1) is 5.92 Å². The number of aryl methyl sites for hydroxylation is 1. The first-order chi connectivity index (χ1) is 13.6. The van der Waals surface area contributed by atoms with Gasteiger partial charge in [-0.15, -0.1) is 0 Å². The van der Waals surface area contributed by atoms with E-state index in [0.29, 0.717) is 37.2 Å². The average molecular weight is 430 g/mol. The highest BCUT2D eigenvalue weighted by Crippen LogP contribution is 2.36. The third kappa shape index (κ3) is 3.72. The zero-order valence-electron chi connectivity index (χ0n) is 15.8. The SMILES string of the molecule is CCc1cc(C(F)(F)F)n2nc([C@H]3CCCN3C(=O)[C@@H]3CCS(=O)(=O)C3)cc2n1. The van der Waals surface area contributed by atoms with E-state index in [1.165, 1.54) is 6.07 Å². The number of hydrogen-bond donors (Lipinski definition) is 0. The molecule has 0 bridgehead atoms. The monoisotopic (exact) mass is 430 g/mol. The maximum absolute atomic E-state index is 13.5. The molecular weight excluding hydrogens is 409 g/mol. The number of likely N-dealkylation sites (tertiary alicyclic amines) is 1. The molecule has 0 unspecified atom stereocenters. The number of rotatable bonds is 3. The van der Waals surface area contributed by atoms with Crippen molar-refractivity contribution >= 4 is 21.4 Å². The fourth-order valence-corrected chi connectivity index (χ4v) is 5.88. The highest BCUT2D eigenvalue weighted by atomic mass is 32.2. The van der Waals surface area contributed by atoms with E-state index in [1.807, 2.05) is 0 Å². The lowest BCUT2D eigenvalue weighted by Gasteiger charge is -2.25. The van der Waals surface area contributed by atoms with Crippen LogP contribution in [0.3, 0.4) is 0 Å². The van der Waals surface area contributed by atoms with Gasteiger partial charge in [-0.25, -0.2) is 17.9 Å². The molecule has 0 aliphatic carbocycles. The molecule has 2 atom stereocenters. The van der Waals surface area contributed by atoms with E-state index in [-0.39, 0.29) is 29.5 Å². The van der Waals surface area contributed by atoms with Crippen molar-refractivity contribution in [2.75, 3.05) is 18.1 Å². The first-order valence-corrected chi connectivity index (χ1v) is 11.4. The number of amides is 1. The smallest absolute Gasteiger partial charge is 0.334 e. The third-order valence-corrected chi connectivity index (χ3v) is 7.38. The molecule has 29 heavy (non-hydrogen) atoms. The third-order valence-electron chi connectivity index (χ3n) is 5.61. The predicted molar refractivity (Wildman–Crippen MR) is 97.8 cm³/mol. The van der Waals surface area contributed by atoms with Gasteiger partial charge >= 0.3 is 6.18 Å². The van der Waals surface area contributed by atoms with Crippen molar-refractivity contribution < 1.29 is 26.4 Å². The van der Waals surface area contributed by atoms with Gasteiger partial charge in [0, 0.05) is 18.3 Å². The van der Waals surface area contributed by atoms with Gasteiger partial charge in [-0.05, 0) is 31.7 Å². The van der Waals surface area contributed by atoms with Gasteiger partial charge in [-0.2, -0.15) is 18.3 Å². The van der Waals surface area contributed by atoms with E-state index < -0.39 is 33.7 Å². The number of nitrogens with zero attached hydrogens (tertiary/aromatic N) is 4. The molecule has 2 saturated heterocycles. The first-order valence-electron chi connectivity index (χ1n) is 9.57. The van der Waals surface area contributed by atoms with E-state index in [9.17, 15) is 26.4 Å². The van der Waals surface area contributed by atoms with Crippen molar-refractivity contribution in [1.82, 2.24) is 19.5 Å². The molecule has 4 heterocycles. The number of aromatic nitrogens is 3. The van der Waals surface area contributed by atoms with Crippen LogP contribution in [-0.2, 0) is 27.2 Å². The molecule has 0 N–H and O–H groups in total. The van der Waals surface area contributed by atoms with Crippen LogP contribution in [0.2, 0.25) is 0 Å². The minimum Gasteiger partial charge on any atom is -0.334 e. The van der Waals surface area contributed by atoms with Crippen molar-refractivity contribution in [3.05, 3.63) is 29.2 Å². The Morgan fingerprint density at radius 1 is 1.28 bits per heavy atom. The van der Waals surface area contributed by atoms with Crippen LogP contribution in [0.15, 0.2) is 12.1 Å². The van der Waals surface area contributed by atoms with Crippen LogP contribution >= 0.6 is 0 Å². The zero-order chi connectivity index (χ0) is 21.0. The summed E-state index contributed by atoms with van der Waals surface area (Å²) < 4.78 is 64.7. The molecule has 2 aliphatic rings. The Balaban J connectivity index is 1.69. The van der Waals surface area contributed by atoms with Crippen LogP contribution in [0.25, 0.3) is 5.65 Å². The van der Waals surface area contributed by atoms with Crippen molar-refractivity contribution in [2.24, 2.45) is 5.92 Å². The number of alkyl halides is 3. The van der Waals surface area contributed by atoms with E-state index in [1.54, 1.807) is 11.8 Å². The molecule has 2 aromatic rings. The predicted octanol–water partition coefficient (Wildman–Crippen LogP) is 2.41. The number of hydrogen-bond acceptors (Lipinski definition) is 5. The molecule has 7 nitrogen and oxygen atoms in total. The average Bonchev–Trinajstić information content (AvgIpc) is 3.35. The van der Waals surface area contributed by atoms with E-state index in [4.69, 9.17) is 0 Å². The van der Waals surface area contributed by atoms with E-state index >= 15 is 0 Å². The normalized spacial score (nSPS) is 24.5. The lowest BCUT2D eigenvalue weighted by Crippen LogP contribution is -2.36. The highest BCUT2D eigenvalue weighted by Gasteiger charge is 2.41. The van der Waals surface area contributed by atoms with Crippen LogP contribution in [0.5, 0.6) is 0 Å². The Labute approximate surface area is 165 Å². The molecule has 1 amide bonds.